The smallest absolute Gasteiger partial charge is 0.318 e. The molecule has 1 amide bonds. The van der Waals surface area contributed by atoms with Crippen LogP contribution >= 0.6 is 0 Å². The Kier molecular flexibility index (Phi) is 5.41. The number of carbonyl (C=O) groups excluding carboxylic acids is 1. The second-order valence-corrected chi connectivity index (χ2v) is 3.57. The maximum Gasteiger partial charge on any atom is 0.318 e. The van der Waals surface area contributed by atoms with Crippen molar-refractivity contribution in [2.45, 2.75) is 20.4 Å². The summed E-state index contributed by atoms with van der Waals surface area (Å²) in [7, 11) is 1.74. The third kappa shape index (κ3) is 4.39. The second-order valence-electron chi connectivity index (χ2n) is 3.57. The average Bonchev–Trinajstić information content (AvgIpc) is 2.75. The van der Waals surface area contributed by atoms with Crippen LogP contribution in [0.1, 0.15) is 19.7 Å². The van der Waals surface area contributed by atoms with Crippen LogP contribution in [-0.2, 0) is 11.3 Å². The van der Waals surface area contributed by atoms with Crippen molar-refractivity contribution in [2.75, 3.05) is 31.6 Å². The minimum Gasteiger partial charge on any atom is -0.407 e. The Bertz CT molecular complexity index is 352. The van der Waals surface area contributed by atoms with Gasteiger partial charge in [-0.15, -0.1) is 5.10 Å². The summed E-state index contributed by atoms with van der Waals surface area (Å²) in [6.07, 6.45) is 0. The molecule has 0 aliphatic rings. The molecule has 0 saturated carbocycles. The van der Waals surface area contributed by atoms with Gasteiger partial charge < -0.3 is 20.0 Å². The molecule has 7 nitrogen and oxygen atoms in total. The van der Waals surface area contributed by atoms with Crippen LogP contribution in [0.4, 0.5) is 6.01 Å². The van der Waals surface area contributed by atoms with Gasteiger partial charge in [0.15, 0.2) is 0 Å². The fourth-order valence-corrected chi connectivity index (χ4v) is 1.24. The Morgan fingerprint density at radius 3 is 2.76 bits per heavy atom. The predicted molar refractivity (Wildman–Crippen MR) is 63.6 cm³/mol. The topological polar surface area (TPSA) is 83.3 Å². The molecule has 0 atom stereocenters. The monoisotopic (exact) mass is 241 g/mol. The number of nitrogens with zero attached hydrogens (tertiary/aromatic N) is 3. The predicted octanol–water partition coefficient (Wildman–Crippen LogP) is -0.249. The van der Waals surface area contributed by atoms with Crippen molar-refractivity contribution in [2.24, 2.45) is 0 Å². The van der Waals surface area contributed by atoms with Gasteiger partial charge in [0.05, 0.1) is 6.54 Å². The summed E-state index contributed by atoms with van der Waals surface area (Å²) in [6, 6.07) is 0.351. The number of carbonyl (C=O) groups is 1. The van der Waals surface area contributed by atoms with Crippen LogP contribution in [0.15, 0.2) is 4.42 Å². The summed E-state index contributed by atoms with van der Waals surface area (Å²) in [4.78, 5) is 13.0. The fraction of sp³-hybridized carbons (Fsp3) is 0.700. The molecule has 0 fully saturated rings. The average molecular weight is 241 g/mol. The number of hydrogen-bond acceptors (Lipinski definition) is 6. The lowest BCUT2D eigenvalue weighted by Crippen LogP contribution is -2.35. The summed E-state index contributed by atoms with van der Waals surface area (Å²) in [6.45, 7) is 6.07. The van der Waals surface area contributed by atoms with Gasteiger partial charge in [-0.1, -0.05) is 12.0 Å². The highest BCUT2D eigenvalue weighted by molar-refractivity contribution is 5.80. The van der Waals surface area contributed by atoms with E-state index in [0.717, 1.165) is 6.54 Å². The third-order valence-electron chi connectivity index (χ3n) is 2.06. The molecule has 7 heteroatoms. The molecule has 1 aromatic heterocycles. The number of likely N-dealkylation sites (N-methyl/N-ethyl adjacent to an activating group) is 2. The van der Waals surface area contributed by atoms with Crippen molar-refractivity contribution in [1.82, 2.24) is 20.8 Å². The zero-order valence-corrected chi connectivity index (χ0v) is 10.5. The van der Waals surface area contributed by atoms with E-state index < -0.39 is 0 Å². The third-order valence-corrected chi connectivity index (χ3v) is 2.06. The SMILES string of the molecule is CCNCc1nnc(N(C)CC(=O)NCC)o1. The van der Waals surface area contributed by atoms with Crippen LogP contribution in [0.25, 0.3) is 0 Å². The lowest BCUT2D eigenvalue weighted by Gasteiger charge is -2.12. The molecule has 96 valence electrons. The van der Waals surface area contributed by atoms with E-state index in [1.807, 2.05) is 13.8 Å². The first kappa shape index (κ1) is 13.4. The Morgan fingerprint density at radius 1 is 1.35 bits per heavy atom. The number of rotatable bonds is 7. The van der Waals surface area contributed by atoms with Crippen LogP contribution in [0.3, 0.4) is 0 Å². The molecule has 1 rings (SSSR count). The van der Waals surface area contributed by atoms with Crippen molar-refractivity contribution in [3.63, 3.8) is 0 Å². The summed E-state index contributed by atoms with van der Waals surface area (Å²) in [5.74, 6) is 0.450. The zero-order chi connectivity index (χ0) is 12.7. The van der Waals surface area contributed by atoms with E-state index >= 15 is 0 Å². The van der Waals surface area contributed by atoms with Crippen LogP contribution in [-0.4, -0.2) is 42.8 Å². The summed E-state index contributed by atoms with van der Waals surface area (Å²) < 4.78 is 5.39. The van der Waals surface area contributed by atoms with Gasteiger partial charge in [0.2, 0.25) is 11.8 Å². The van der Waals surface area contributed by atoms with Crippen molar-refractivity contribution < 1.29 is 9.21 Å². The first-order chi connectivity index (χ1) is 8.17. The molecule has 0 aliphatic carbocycles. The molecule has 0 unspecified atom stereocenters. The number of anilines is 1. The number of amides is 1. The fourth-order valence-electron chi connectivity index (χ4n) is 1.24. The van der Waals surface area contributed by atoms with Crippen molar-refractivity contribution >= 4 is 11.9 Å². The Morgan fingerprint density at radius 2 is 2.12 bits per heavy atom. The molecule has 1 aromatic rings. The normalized spacial score (nSPS) is 10.3. The van der Waals surface area contributed by atoms with E-state index in [-0.39, 0.29) is 12.5 Å². The molecule has 0 radical (unpaired) electrons. The standard InChI is InChI=1S/C10H19N5O2/c1-4-11-6-9-13-14-10(17-9)15(3)7-8(16)12-5-2/h11H,4-7H2,1-3H3,(H,12,16). The Hall–Kier alpha value is -1.63. The van der Waals surface area contributed by atoms with Crippen LogP contribution in [0, 0.1) is 0 Å². The number of nitrogens with one attached hydrogen (secondary N) is 2. The van der Waals surface area contributed by atoms with E-state index in [1.54, 1.807) is 11.9 Å². The molecule has 0 bridgehead atoms. The largest absolute Gasteiger partial charge is 0.407 e. The zero-order valence-electron chi connectivity index (χ0n) is 10.5. The summed E-state index contributed by atoms with van der Waals surface area (Å²) in [5.41, 5.74) is 0. The molecule has 0 spiro atoms. The van der Waals surface area contributed by atoms with Crippen LogP contribution < -0.4 is 15.5 Å². The highest BCUT2D eigenvalue weighted by Crippen LogP contribution is 2.09. The van der Waals surface area contributed by atoms with E-state index in [9.17, 15) is 4.79 Å². The number of aromatic nitrogens is 2. The highest BCUT2D eigenvalue weighted by Gasteiger charge is 2.13. The van der Waals surface area contributed by atoms with Gasteiger partial charge in [0.1, 0.15) is 6.54 Å². The molecular weight excluding hydrogens is 222 g/mol. The summed E-state index contributed by atoms with van der Waals surface area (Å²) >= 11 is 0. The van der Waals surface area contributed by atoms with Crippen LogP contribution in [0.5, 0.6) is 0 Å². The van der Waals surface area contributed by atoms with E-state index in [4.69, 9.17) is 4.42 Å². The van der Waals surface area contributed by atoms with Gasteiger partial charge in [0.25, 0.3) is 0 Å². The van der Waals surface area contributed by atoms with Gasteiger partial charge in [0, 0.05) is 13.6 Å². The quantitative estimate of drug-likeness (QED) is 0.685. The first-order valence-electron chi connectivity index (χ1n) is 5.68. The van der Waals surface area contributed by atoms with E-state index in [2.05, 4.69) is 20.8 Å². The van der Waals surface area contributed by atoms with E-state index in [0.29, 0.717) is 25.0 Å². The van der Waals surface area contributed by atoms with Gasteiger partial charge in [-0.05, 0) is 13.5 Å². The van der Waals surface area contributed by atoms with Gasteiger partial charge in [-0.3, -0.25) is 4.79 Å². The van der Waals surface area contributed by atoms with Gasteiger partial charge >= 0.3 is 6.01 Å². The Balaban J connectivity index is 2.48. The van der Waals surface area contributed by atoms with E-state index in [1.165, 1.54) is 0 Å². The minimum atomic E-state index is -0.0681. The summed E-state index contributed by atoms with van der Waals surface area (Å²) in [5, 5.41) is 13.5. The minimum absolute atomic E-state index is 0.0681. The maximum atomic E-state index is 11.4. The molecule has 2 N–H and O–H groups in total. The number of hydrogen-bond donors (Lipinski definition) is 2. The van der Waals surface area contributed by atoms with Gasteiger partial charge in [-0.25, -0.2) is 0 Å². The second kappa shape index (κ2) is 6.85. The molecule has 1 heterocycles. The highest BCUT2D eigenvalue weighted by atomic mass is 16.4. The molecular formula is C10H19N5O2. The lowest BCUT2D eigenvalue weighted by atomic mass is 10.5. The van der Waals surface area contributed by atoms with Crippen molar-refractivity contribution in [1.29, 1.82) is 0 Å². The lowest BCUT2D eigenvalue weighted by molar-refractivity contribution is -0.119. The maximum absolute atomic E-state index is 11.4. The van der Waals surface area contributed by atoms with Crippen molar-refractivity contribution in [3.05, 3.63) is 5.89 Å². The van der Waals surface area contributed by atoms with Crippen molar-refractivity contribution in [3.8, 4) is 0 Å². The molecule has 0 saturated heterocycles. The molecule has 0 aromatic carbocycles. The van der Waals surface area contributed by atoms with Crippen LogP contribution in [0.2, 0.25) is 0 Å². The first-order valence-corrected chi connectivity index (χ1v) is 5.68. The van der Waals surface area contributed by atoms with Gasteiger partial charge in [-0.2, -0.15) is 0 Å². The Labute approximate surface area is 101 Å². The molecule has 17 heavy (non-hydrogen) atoms. The molecule has 0 aliphatic heterocycles.